The van der Waals surface area contributed by atoms with Gasteiger partial charge in [-0.3, -0.25) is 14.4 Å². The number of hydrogen-bond donors (Lipinski definition) is 0. The molecule has 0 N–H and O–H groups in total. The van der Waals surface area contributed by atoms with Gasteiger partial charge in [-0.25, -0.2) is 0 Å². The van der Waals surface area contributed by atoms with Crippen molar-refractivity contribution in [2.75, 3.05) is 13.7 Å². The Kier molecular flexibility index (Phi) is 6.87. The largest absolute Gasteiger partial charge is 0.497 e. The molecule has 1 aromatic rings. The van der Waals surface area contributed by atoms with Gasteiger partial charge in [0.05, 0.1) is 13.7 Å². The summed E-state index contributed by atoms with van der Waals surface area (Å²) >= 11 is 0. The predicted octanol–water partition coefficient (Wildman–Crippen LogP) is 2.20. The molecular weight excluding hydrogens is 272 g/mol. The van der Waals surface area contributed by atoms with E-state index in [1.54, 1.807) is 31.2 Å². The molecule has 0 fully saturated rings. The first-order valence-electron chi connectivity index (χ1n) is 6.59. The summed E-state index contributed by atoms with van der Waals surface area (Å²) in [7, 11) is 1.53. The lowest BCUT2D eigenvalue weighted by Crippen LogP contribution is -2.26. The standard InChI is InChI=1S/C16H18O5/c1-3-21-16(19)14(6-4-5-11-17)15(18)12-7-9-13(20-2)10-8-12/h4-5,7-11,14H,3,6H2,1-2H3/b5-4+. The summed E-state index contributed by atoms with van der Waals surface area (Å²) < 4.78 is 9.94. The average Bonchev–Trinajstić information content (AvgIpc) is 2.51. The van der Waals surface area contributed by atoms with Gasteiger partial charge >= 0.3 is 5.97 Å². The molecular formula is C16H18O5. The monoisotopic (exact) mass is 290 g/mol. The third-order valence-corrected chi connectivity index (χ3v) is 2.85. The Balaban J connectivity index is 2.93. The van der Waals surface area contributed by atoms with Crippen molar-refractivity contribution in [3.63, 3.8) is 0 Å². The molecule has 0 bridgehead atoms. The van der Waals surface area contributed by atoms with Gasteiger partial charge in [-0.1, -0.05) is 6.08 Å². The highest BCUT2D eigenvalue weighted by Gasteiger charge is 2.27. The maximum Gasteiger partial charge on any atom is 0.317 e. The molecule has 0 aliphatic rings. The van der Waals surface area contributed by atoms with Gasteiger partial charge in [-0.2, -0.15) is 0 Å². The molecule has 0 heterocycles. The second kappa shape index (κ2) is 8.68. The molecule has 1 aromatic carbocycles. The van der Waals surface area contributed by atoms with Crippen molar-refractivity contribution in [2.24, 2.45) is 5.92 Å². The number of carbonyl (C=O) groups excluding carboxylic acids is 3. The molecule has 112 valence electrons. The minimum absolute atomic E-state index is 0.127. The average molecular weight is 290 g/mol. The number of ether oxygens (including phenoxy) is 2. The summed E-state index contributed by atoms with van der Waals surface area (Å²) in [5.41, 5.74) is 0.397. The molecule has 1 unspecified atom stereocenters. The zero-order valence-electron chi connectivity index (χ0n) is 12.1. The van der Waals surface area contributed by atoms with Crippen LogP contribution in [-0.2, 0) is 14.3 Å². The van der Waals surface area contributed by atoms with Crippen molar-refractivity contribution >= 4 is 18.0 Å². The Morgan fingerprint density at radius 3 is 2.43 bits per heavy atom. The number of carbonyl (C=O) groups is 3. The number of Topliss-reactive ketones (excluding diaryl/α,β-unsaturated/α-hetero) is 1. The van der Waals surface area contributed by atoms with Crippen LogP contribution in [0, 0.1) is 5.92 Å². The van der Waals surface area contributed by atoms with Crippen LogP contribution in [0.1, 0.15) is 23.7 Å². The van der Waals surface area contributed by atoms with Crippen LogP contribution in [-0.4, -0.2) is 31.8 Å². The van der Waals surface area contributed by atoms with E-state index in [-0.39, 0.29) is 18.8 Å². The van der Waals surface area contributed by atoms with E-state index in [1.807, 2.05) is 0 Å². The molecule has 1 atom stereocenters. The van der Waals surface area contributed by atoms with Gasteiger partial charge in [0.2, 0.25) is 0 Å². The highest BCUT2D eigenvalue weighted by molar-refractivity contribution is 6.08. The summed E-state index contributed by atoms with van der Waals surface area (Å²) in [6.07, 6.45) is 3.46. The van der Waals surface area contributed by atoms with E-state index in [0.717, 1.165) is 0 Å². The lowest BCUT2D eigenvalue weighted by Gasteiger charge is -2.13. The topological polar surface area (TPSA) is 69.7 Å². The van der Waals surface area contributed by atoms with Crippen LogP contribution in [0.5, 0.6) is 5.75 Å². The van der Waals surface area contributed by atoms with Crippen LogP contribution in [0.4, 0.5) is 0 Å². The minimum atomic E-state index is -0.949. The summed E-state index contributed by atoms with van der Waals surface area (Å²) in [6.45, 7) is 1.87. The van der Waals surface area contributed by atoms with Crippen LogP contribution in [0.15, 0.2) is 36.4 Å². The van der Waals surface area contributed by atoms with Crippen LogP contribution in [0.2, 0.25) is 0 Å². The Morgan fingerprint density at radius 2 is 1.90 bits per heavy atom. The summed E-state index contributed by atoms with van der Waals surface area (Å²) in [6, 6.07) is 6.49. The molecule has 5 heteroatoms. The Hall–Kier alpha value is -2.43. The molecule has 5 nitrogen and oxygen atoms in total. The van der Waals surface area contributed by atoms with Crippen molar-refractivity contribution in [1.29, 1.82) is 0 Å². The maximum atomic E-state index is 12.4. The molecule has 0 radical (unpaired) electrons. The molecule has 0 amide bonds. The molecule has 21 heavy (non-hydrogen) atoms. The van der Waals surface area contributed by atoms with Crippen molar-refractivity contribution in [1.82, 2.24) is 0 Å². The number of ketones is 1. The lowest BCUT2D eigenvalue weighted by atomic mass is 9.94. The smallest absolute Gasteiger partial charge is 0.317 e. The molecule has 0 saturated heterocycles. The van der Waals surface area contributed by atoms with Crippen molar-refractivity contribution in [3.8, 4) is 5.75 Å². The lowest BCUT2D eigenvalue weighted by molar-refractivity contribution is -0.146. The molecule has 0 spiro atoms. The number of aldehydes is 1. The minimum Gasteiger partial charge on any atom is -0.497 e. The molecule has 0 aromatic heterocycles. The SMILES string of the molecule is CCOC(=O)C(C/C=C/C=O)C(=O)c1ccc(OC)cc1. The number of methoxy groups -OCH3 is 1. The molecule has 0 aliphatic heterocycles. The van der Waals surface area contributed by atoms with Gasteiger partial charge in [-0.15, -0.1) is 0 Å². The van der Waals surface area contributed by atoms with Crippen LogP contribution in [0.25, 0.3) is 0 Å². The van der Waals surface area contributed by atoms with E-state index in [2.05, 4.69) is 0 Å². The van der Waals surface area contributed by atoms with Gasteiger partial charge in [0.1, 0.15) is 18.0 Å². The number of rotatable bonds is 8. The number of hydrogen-bond acceptors (Lipinski definition) is 5. The van der Waals surface area contributed by atoms with Gasteiger partial charge in [0.25, 0.3) is 0 Å². The Bertz CT molecular complexity index is 516. The van der Waals surface area contributed by atoms with Crippen molar-refractivity contribution in [2.45, 2.75) is 13.3 Å². The van der Waals surface area contributed by atoms with Gasteiger partial charge in [0.15, 0.2) is 5.78 Å². The zero-order chi connectivity index (χ0) is 15.7. The van der Waals surface area contributed by atoms with Gasteiger partial charge < -0.3 is 9.47 Å². The first-order chi connectivity index (χ1) is 10.1. The van der Waals surface area contributed by atoms with Crippen LogP contribution < -0.4 is 4.74 Å². The summed E-state index contributed by atoms with van der Waals surface area (Å²) in [5, 5.41) is 0. The van der Waals surface area contributed by atoms with Crippen molar-refractivity contribution < 1.29 is 23.9 Å². The number of benzene rings is 1. The normalized spacial score (nSPS) is 11.9. The fraction of sp³-hybridized carbons (Fsp3) is 0.312. The Labute approximate surface area is 123 Å². The van der Waals surface area contributed by atoms with E-state index < -0.39 is 11.9 Å². The van der Waals surface area contributed by atoms with Crippen LogP contribution >= 0.6 is 0 Å². The van der Waals surface area contributed by atoms with E-state index in [4.69, 9.17) is 9.47 Å². The fourth-order valence-electron chi connectivity index (χ4n) is 1.78. The van der Waals surface area contributed by atoms with Crippen LogP contribution in [0.3, 0.4) is 0 Å². The fourth-order valence-corrected chi connectivity index (χ4v) is 1.78. The summed E-state index contributed by atoms with van der Waals surface area (Å²) in [5.74, 6) is -1.25. The number of allylic oxidation sites excluding steroid dienone is 2. The second-order valence-electron chi connectivity index (χ2n) is 4.20. The first kappa shape index (κ1) is 16.6. The van der Waals surface area contributed by atoms with E-state index in [0.29, 0.717) is 17.6 Å². The second-order valence-corrected chi connectivity index (χ2v) is 4.20. The van der Waals surface area contributed by atoms with Gasteiger partial charge in [0, 0.05) is 5.56 Å². The predicted molar refractivity (Wildman–Crippen MR) is 77.3 cm³/mol. The van der Waals surface area contributed by atoms with E-state index >= 15 is 0 Å². The molecule has 1 rings (SSSR count). The quantitative estimate of drug-likeness (QED) is 0.241. The van der Waals surface area contributed by atoms with Gasteiger partial charge in [-0.05, 0) is 43.7 Å². The number of esters is 1. The van der Waals surface area contributed by atoms with Crippen molar-refractivity contribution in [3.05, 3.63) is 42.0 Å². The highest BCUT2D eigenvalue weighted by Crippen LogP contribution is 2.18. The van der Waals surface area contributed by atoms with E-state index in [9.17, 15) is 14.4 Å². The third-order valence-electron chi connectivity index (χ3n) is 2.85. The van der Waals surface area contributed by atoms with E-state index in [1.165, 1.54) is 19.3 Å². The first-order valence-corrected chi connectivity index (χ1v) is 6.59. The highest BCUT2D eigenvalue weighted by atomic mass is 16.5. The zero-order valence-corrected chi connectivity index (χ0v) is 12.1. The third kappa shape index (κ3) is 4.87. The maximum absolute atomic E-state index is 12.4. The Morgan fingerprint density at radius 1 is 1.24 bits per heavy atom. The molecule has 0 aliphatic carbocycles. The molecule has 0 saturated carbocycles. The summed E-state index contributed by atoms with van der Waals surface area (Å²) in [4.78, 5) is 34.6.